The van der Waals surface area contributed by atoms with Gasteiger partial charge in [0.1, 0.15) is 11.5 Å². The number of aliphatic hydroxyl groups is 1. The molecule has 1 saturated heterocycles. The molecule has 0 bridgehead atoms. The standard InChI is InChI=1S/C28H31N3O4/c1-28(2,3)21-10-6-19(7-11-21)24-23(25(32)20-8-12-22(35-4)13-9-20)26(33)27(34)31(24)16-5-15-30-17-14-29-18-30/h6-14,17-18,24,32H,5,15-16H2,1-4H3/t24-/m0/s1. The van der Waals surface area contributed by atoms with E-state index in [0.717, 1.165) is 11.1 Å². The predicted octanol–water partition coefficient (Wildman–Crippen LogP) is 4.70. The van der Waals surface area contributed by atoms with Crippen LogP contribution >= 0.6 is 0 Å². The van der Waals surface area contributed by atoms with E-state index in [0.29, 0.717) is 30.8 Å². The molecule has 182 valence electrons. The molecule has 1 amide bonds. The molecular formula is C28H31N3O4. The van der Waals surface area contributed by atoms with E-state index in [4.69, 9.17) is 4.74 Å². The molecule has 1 atom stereocenters. The second-order valence-corrected chi connectivity index (χ2v) is 9.75. The first-order valence-electron chi connectivity index (χ1n) is 11.7. The number of imidazole rings is 1. The number of methoxy groups -OCH3 is 1. The Morgan fingerprint density at radius 1 is 1.03 bits per heavy atom. The van der Waals surface area contributed by atoms with Gasteiger partial charge < -0.3 is 19.3 Å². The summed E-state index contributed by atoms with van der Waals surface area (Å²) in [7, 11) is 1.56. The van der Waals surface area contributed by atoms with Crippen LogP contribution in [0.25, 0.3) is 5.76 Å². The molecule has 4 rings (SSSR count). The maximum atomic E-state index is 13.2. The number of ether oxygens (including phenoxy) is 1. The molecule has 0 radical (unpaired) electrons. The molecule has 0 aliphatic carbocycles. The number of hydrogen-bond acceptors (Lipinski definition) is 5. The summed E-state index contributed by atoms with van der Waals surface area (Å²) in [6.07, 6.45) is 5.93. The second-order valence-electron chi connectivity index (χ2n) is 9.75. The van der Waals surface area contributed by atoms with Crippen molar-refractivity contribution in [1.82, 2.24) is 14.5 Å². The van der Waals surface area contributed by atoms with Gasteiger partial charge in [0, 0.05) is 31.0 Å². The molecule has 35 heavy (non-hydrogen) atoms. The Hall–Kier alpha value is -3.87. The summed E-state index contributed by atoms with van der Waals surface area (Å²) < 4.78 is 7.13. The third-order valence-corrected chi connectivity index (χ3v) is 6.37. The van der Waals surface area contributed by atoms with Crippen LogP contribution in [0.1, 0.15) is 49.9 Å². The number of amides is 1. The minimum absolute atomic E-state index is 0.0335. The molecule has 3 aromatic rings. The minimum atomic E-state index is -0.675. The van der Waals surface area contributed by atoms with Gasteiger partial charge in [0.05, 0.1) is 25.1 Å². The number of Topliss-reactive ketones (excluding diaryl/α,β-unsaturated/α-hetero) is 1. The summed E-state index contributed by atoms with van der Waals surface area (Å²) in [4.78, 5) is 32.0. The number of aromatic nitrogens is 2. The summed E-state index contributed by atoms with van der Waals surface area (Å²) in [5.74, 6) is -0.828. The summed E-state index contributed by atoms with van der Waals surface area (Å²) in [6.45, 7) is 7.43. The molecule has 0 spiro atoms. The number of nitrogens with zero attached hydrogens (tertiary/aromatic N) is 3. The number of likely N-dealkylation sites (tertiary alicyclic amines) is 1. The van der Waals surface area contributed by atoms with E-state index >= 15 is 0 Å². The number of hydrogen-bond donors (Lipinski definition) is 1. The van der Waals surface area contributed by atoms with Crippen molar-refractivity contribution in [1.29, 1.82) is 0 Å². The second kappa shape index (κ2) is 9.78. The number of carbonyl (C=O) groups excluding carboxylic acids is 2. The van der Waals surface area contributed by atoms with Gasteiger partial charge in [-0.1, -0.05) is 45.0 Å². The Morgan fingerprint density at radius 2 is 1.71 bits per heavy atom. The Bertz CT molecular complexity index is 1220. The SMILES string of the molecule is COc1ccc(C(O)=C2C(=O)C(=O)N(CCCn3ccnc3)[C@H]2c2ccc(C(C)(C)C)cc2)cc1. The average Bonchev–Trinajstić information content (AvgIpc) is 3.45. The highest BCUT2D eigenvalue weighted by Gasteiger charge is 2.45. The van der Waals surface area contributed by atoms with Crippen LogP contribution < -0.4 is 4.74 Å². The van der Waals surface area contributed by atoms with Crippen molar-refractivity contribution in [3.63, 3.8) is 0 Å². The van der Waals surface area contributed by atoms with Crippen LogP contribution in [0.4, 0.5) is 0 Å². The van der Waals surface area contributed by atoms with E-state index < -0.39 is 17.7 Å². The number of benzene rings is 2. The van der Waals surface area contributed by atoms with E-state index in [1.807, 2.05) is 35.0 Å². The number of rotatable bonds is 7. The lowest BCUT2D eigenvalue weighted by Gasteiger charge is -2.26. The van der Waals surface area contributed by atoms with Crippen molar-refractivity contribution in [2.24, 2.45) is 0 Å². The third-order valence-electron chi connectivity index (χ3n) is 6.37. The zero-order valence-electron chi connectivity index (χ0n) is 20.6. The van der Waals surface area contributed by atoms with Gasteiger partial charge in [-0.25, -0.2) is 4.98 Å². The topological polar surface area (TPSA) is 84.7 Å². The lowest BCUT2D eigenvalue weighted by Crippen LogP contribution is -2.31. The first-order valence-corrected chi connectivity index (χ1v) is 11.7. The predicted molar refractivity (Wildman–Crippen MR) is 134 cm³/mol. The summed E-state index contributed by atoms with van der Waals surface area (Å²) >= 11 is 0. The lowest BCUT2D eigenvalue weighted by molar-refractivity contribution is -0.139. The molecule has 0 saturated carbocycles. The molecular weight excluding hydrogens is 442 g/mol. The fraction of sp³-hybridized carbons (Fsp3) is 0.321. The first kappa shape index (κ1) is 24.3. The Morgan fingerprint density at radius 3 is 2.29 bits per heavy atom. The van der Waals surface area contributed by atoms with Crippen LogP contribution in [0.3, 0.4) is 0 Å². The smallest absolute Gasteiger partial charge is 0.295 e. The fourth-order valence-corrected chi connectivity index (χ4v) is 4.37. The van der Waals surface area contributed by atoms with Crippen molar-refractivity contribution in [3.8, 4) is 5.75 Å². The highest BCUT2D eigenvalue weighted by molar-refractivity contribution is 6.46. The van der Waals surface area contributed by atoms with Gasteiger partial charge in [0.15, 0.2) is 0 Å². The van der Waals surface area contributed by atoms with Crippen molar-refractivity contribution < 1.29 is 19.4 Å². The van der Waals surface area contributed by atoms with Crippen LogP contribution in [0.5, 0.6) is 5.75 Å². The van der Waals surface area contributed by atoms with Gasteiger partial charge in [0.25, 0.3) is 11.7 Å². The maximum Gasteiger partial charge on any atom is 0.295 e. The third kappa shape index (κ3) is 4.99. The molecule has 1 aliphatic heterocycles. The molecule has 7 nitrogen and oxygen atoms in total. The molecule has 1 N–H and O–H groups in total. The minimum Gasteiger partial charge on any atom is -0.507 e. The normalized spacial score (nSPS) is 17.7. The van der Waals surface area contributed by atoms with Gasteiger partial charge in [-0.05, 0) is 47.2 Å². The highest BCUT2D eigenvalue weighted by atomic mass is 16.5. The van der Waals surface area contributed by atoms with Crippen molar-refractivity contribution in [2.45, 2.75) is 45.2 Å². The van der Waals surface area contributed by atoms with Crippen LogP contribution in [0.15, 0.2) is 72.8 Å². The Kier molecular flexibility index (Phi) is 6.78. The summed E-state index contributed by atoms with van der Waals surface area (Å²) in [5, 5.41) is 11.2. The van der Waals surface area contributed by atoms with Crippen LogP contribution in [-0.4, -0.2) is 44.9 Å². The molecule has 1 aromatic heterocycles. The monoisotopic (exact) mass is 473 g/mol. The fourth-order valence-electron chi connectivity index (χ4n) is 4.37. The van der Waals surface area contributed by atoms with Gasteiger partial charge >= 0.3 is 0 Å². The number of aryl methyl sites for hydroxylation is 1. The molecule has 7 heteroatoms. The number of ketones is 1. The first-order chi connectivity index (χ1) is 16.7. The van der Waals surface area contributed by atoms with Gasteiger partial charge in [-0.3, -0.25) is 9.59 Å². The quantitative estimate of drug-likeness (QED) is 0.305. The highest BCUT2D eigenvalue weighted by Crippen LogP contribution is 2.40. The summed E-state index contributed by atoms with van der Waals surface area (Å²) in [5.41, 5.74) is 2.46. The van der Waals surface area contributed by atoms with Crippen molar-refractivity contribution in [3.05, 3.63) is 89.5 Å². The maximum absolute atomic E-state index is 13.2. The van der Waals surface area contributed by atoms with Gasteiger partial charge in [-0.15, -0.1) is 0 Å². The van der Waals surface area contributed by atoms with E-state index in [1.165, 1.54) is 0 Å². The zero-order valence-corrected chi connectivity index (χ0v) is 20.6. The van der Waals surface area contributed by atoms with E-state index in [-0.39, 0.29) is 16.7 Å². The average molecular weight is 474 g/mol. The zero-order chi connectivity index (χ0) is 25.2. The van der Waals surface area contributed by atoms with Gasteiger partial charge in [0.2, 0.25) is 0 Å². The Balaban J connectivity index is 1.73. The largest absolute Gasteiger partial charge is 0.507 e. The van der Waals surface area contributed by atoms with Crippen LogP contribution in [0, 0.1) is 0 Å². The molecule has 0 unspecified atom stereocenters. The Labute approximate surface area is 205 Å². The van der Waals surface area contributed by atoms with Crippen LogP contribution in [0.2, 0.25) is 0 Å². The number of carbonyl (C=O) groups is 2. The van der Waals surface area contributed by atoms with Gasteiger partial charge in [-0.2, -0.15) is 0 Å². The molecule has 1 fully saturated rings. The van der Waals surface area contributed by atoms with Crippen molar-refractivity contribution in [2.75, 3.05) is 13.7 Å². The van der Waals surface area contributed by atoms with Crippen molar-refractivity contribution >= 4 is 17.4 Å². The number of aliphatic hydroxyl groups excluding tert-OH is 1. The molecule has 2 aromatic carbocycles. The molecule has 1 aliphatic rings. The van der Waals surface area contributed by atoms with E-state index in [2.05, 4.69) is 25.8 Å². The van der Waals surface area contributed by atoms with E-state index in [1.54, 1.807) is 48.8 Å². The summed E-state index contributed by atoms with van der Waals surface area (Å²) in [6, 6.07) is 14.0. The lowest BCUT2D eigenvalue weighted by atomic mass is 9.85. The van der Waals surface area contributed by atoms with E-state index in [9.17, 15) is 14.7 Å². The molecule has 2 heterocycles. The van der Waals surface area contributed by atoms with Crippen LogP contribution in [-0.2, 0) is 21.5 Å².